The molecule has 0 saturated heterocycles. The average molecular weight is 326 g/mol. The fourth-order valence-corrected chi connectivity index (χ4v) is 4.14. The minimum atomic E-state index is 0.957. The van der Waals surface area contributed by atoms with Crippen molar-refractivity contribution in [3.05, 3.63) is 52.9 Å². The summed E-state index contributed by atoms with van der Waals surface area (Å²) in [7, 11) is 0. The molecule has 0 amide bonds. The van der Waals surface area contributed by atoms with Crippen molar-refractivity contribution in [2.75, 3.05) is 0 Å². The number of hydrogen-bond donors (Lipinski definition) is 0. The van der Waals surface area contributed by atoms with E-state index >= 15 is 0 Å². The summed E-state index contributed by atoms with van der Waals surface area (Å²) in [6.45, 7) is 0. The lowest BCUT2D eigenvalue weighted by atomic mass is 10.0. The molecular weight excluding hydrogens is 318 g/mol. The maximum atomic E-state index is 4.48. The van der Waals surface area contributed by atoms with Gasteiger partial charge in [-0.1, -0.05) is 12.1 Å². The Morgan fingerprint density at radius 2 is 1.38 bits per heavy atom. The second-order valence-electron chi connectivity index (χ2n) is 4.15. The summed E-state index contributed by atoms with van der Waals surface area (Å²) < 4.78 is 0. The van der Waals surface area contributed by atoms with Gasteiger partial charge in [0.25, 0.3) is 0 Å². The van der Waals surface area contributed by atoms with E-state index in [0.29, 0.717) is 0 Å². The van der Waals surface area contributed by atoms with E-state index in [1.54, 1.807) is 34.0 Å². The van der Waals surface area contributed by atoms with Crippen LogP contribution in [0.4, 0.5) is 0 Å². The van der Waals surface area contributed by atoms with E-state index in [1.165, 1.54) is 0 Å². The highest BCUT2D eigenvalue weighted by atomic mass is 32.1. The molecule has 0 aliphatic rings. The molecule has 0 aliphatic carbocycles. The highest BCUT2D eigenvalue weighted by Crippen LogP contribution is 2.41. The van der Waals surface area contributed by atoms with Crippen LogP contribution in [-0.2, 0) is 0 Å². The molecule has 0 unspecified atom stereocenters. The maximum absolute atomic E-state index is 4.48. The van der Waals surface area contributed by atoms with Crippen molar-refractivity contribution >= 4 is 34.0 Å². The molecule has 0 aliphatic heterocycles. The van der Waals surface area contributed by atoms with Crippen molar-refractivity contribution in [3.8, 4) is 31.7 Å². The van der Waals surface area contributed by atoms with Crippen LogP contribution >= 0.6 is 34.0 Å². The number of benzene rings is 1. The number of rotatable bonds is 3. The van der Waals surface area contributed by atoms with E-state index in [0.717, 1.165) is 31.7 Å². The minimum absolute atomic E-state index is 0.957. The lowest BCUT2D eigenvalue weighted by Crippen LogP contribution is -1.89. The third-order valence-corrected chi connectivity index (χ3v) is 5.34. The Balaban J connectivity index is 2.03. The quantitative estimate of drug-likeness (QED) is 0.540. The zero-order valence-corrected chi connectivity index (χ0v) is 13.1. The van der Waals surface area contributed by atoms with E-state index < -0.39 is 0 Å². The summed E-state index contributed by atoms with van der Waals surface area (Å²) in [6, 6.07) is 7.30. The van der Waals surface area contributed by atoms with Gasteiger partial charge in [0, 0.05) is 51.4 Å². The molecule has 21 heavy (non-hydrogen) atoms. The lowest BCUT2D eigenvalue weighted by molar-refractivity contribution is 1.37. The summed E-state index contributed by atoms with van der Waals surface area (Å²) in [4.78, 5) is 13.4. The van der Waals surface area contributed by atoms with Crippen molar-refractivity contribution in [3.63, 3.8) is 0 Å². The Hall–Kier alpha value is -1.89. The number of thiazole rings is 3. The monoisotopic (exact) mass is 326 g/mol. The first-order chi connectivity index (χ1) is 10.4. The number of hydrogen-bond acceptors (Lipinski definition) is 6. The van der Waals surface area contributed by atoms with E-state index in [2.05, 4.69) is 21.0 Å². The van der Waals surface area contributed by atoms with Crippen LogP contribution in [0.3, 0.4) is 0 Å². The highest BCUT2D eigenvalue weighted by Gasteiger charge is 2.18. The third kappa shape index (κ3) is 2.31. The normalized spacial score (nSPS) is 10.9. The molecule has 1 radical (unpaired) electrons. The van der Waals surface area contributed by atoms with Gasteiger partial charge in [0.05, 0.1) is 0 Å². The summed E-state index contributed by atoms with van der Waals surface area (Å²) in [5, 5.41) is 8.87. The van der Waals surface area contributed by atoms with Gasteiger partial charge in [0.15, 0.2) is 0 Å². The van der Waals surface area contributed by atoms with Crippen LogP contribution < -0.4 is 0 Å². The second kappa shape index (κ2) is 5.48. The number of aromatic nitrogens is 3. The third-order valence-electron chi connectivity index (χ3n) is 2.95. The predicted molar refractivity (Wildman–Crippen MR) is 88.6 cm³/mol. The van der Waals surface area contributed by atoms with Crippen LogP contribution in [0.25, 0.3) is 31.7 Å². The molecule has 0 atom stereocenters. The summed E-state index contributed by atoms with van der Waals surface area (Å²) >= 11 is 4.86. The molecule has 6 heteroatoms. The zero-order valence-electron chi connectivity index (χ0n) is 10.7. The summed E-state index contributed by atoms with van der Waals surface area (Å²) in [5.41, 5.74) is 3.15. The molecule has 4 rings (SSSR count). The fraction of sp³-hybridized carbons (Fsp3) is 0. The van der Waals surface area contributed by atoms with Gasteiger partial charge in [-0.3, -0.25) is 0 Å². The molecule has 0 N–H and O–H groups in total. The lowest BCUT2D eigenvalue weighted by Gasteiger charge is -2.09. The largest absolute Gasteiger partial charge is 0.245 e. The van der Waals surface area contributed by atoms with Crippen LogP contribution in [0.5, 0.6) is 0 Å². The van der Waals surface area contributed by atoms with Crippen LogP contribution in [0, 0.1) is 6.07 Å². The van der Waals surface area contributed by atoms with Crippen LogP contribution in [0.1, 0.15) is 0 Å². The Kier molecular flexibility index (Phi) is 3.34. The van der Waals surface area contributed by atoms with Gasteiger partial charge in [0.2, 0.25) is 0 Å². The zero-order chi connectivity index (χ0) is 14.1. The molecule has 3 aromatic heterocycles. The topological polar surface area (TPSA) is 38.7 Å². The Bertz CT molecular complexity index is 782. The Morgan fingerprint density at radius 1 is 0.762 bits per heavy atom. The fourth-order valence-electron chi connectivity index (χ4n) is 2.12. The summed E-state index contributed by atoms with van der Waals surface area (Å²) in [5.74, 6) is 0. The molecule has 1 aromatic carbocycles. The first-order valence-electron chi connectivity index (χ1n) is 6.18. The van der Waals surface area contributed by atoms with Crippen molar-refractivity contribution in [1.82, 2.24) is 15.0 Å². The average Bonchev–Trinajstić information content (AvgIpc) is 3.28. The van der Waals surface area contributed by atoms with Crippen molar-refractivity contribution < 1.29 is 0 Å². The van der Waals surface area contributed by atoms with Gasteiger partial charge in [-0.05, 0) is 6.07 Å². The van der Waals surface area contributed by atoms with E-state index in [-0.39, 0.29) is 0 Å². The van der Waals surface area contributed by atoms with Gasteiger partial charge in [-0.15, -0.1) is 34.0 Å². The second-order valence-corrected chi connectivity index (χ2v) is 6.84. The standard InChI is InChI=1S/C15H8N3S3/c1-2-10(13-16-4-7-19-13)12(15-18-6-9-21-15)11(3-1)14-17-5-8-20-14/h1-2,4-9H. The van der Waals surface area contributed by atoms with Crippen molar-refractivity contribution in [2.45, 2.75) is 0 Å². The molecular formula is C15H8N3S3. The molecule has 0 fully saturated rings. The first-order valence-corrected chi connectivity index (χ1v) is 8.81. The minimum Gasteiger partial charge on any atom is -0.245 e. The van der Waals surface area contributed by atoms with E-state index in [4.69, 9.17) is 0 Å². The molecule has 3 nitrogen and oxygen atoms in total. The smallest absolute Gasteiger partial charge is 0.124 e. The van der Waals surface area contributed by atoms with Gasteiger partial charge in [-0.25, -0.2) is 15.0 Å². The van der Waals surface area contributed by atoms with Gasteiger partial charge in [0.1, 0.15) is 15.0 Å². The van der Waals surface area contributed by atoms with E-state index in [9.17, 15) is 0 Å². The van der Waals surface area contributed by atoms with Gasteiger partial charge in [-0.2, -0.15) is 0 Å². The van der Waals surface area contributed by atoms with Gasteiger partial charge >= 0.3 is 0 Å². The molecule has 3 heterocycles. The maximum Gasteiger partial charge on any atom is 0.124 e. The molecule has 0 spiro atoms. The van der Waals surface area contributed by atoms with Gasteiger partial charge < -0.3 is 0 Å². The van der Waals surface area contributed by atoms with Crippen LogP contribution in [0.2, 0.25) is 0 Å². The predicted octanol–water partition coefficient (Wildman–Crippen LogP) is 4.86. The van der Waals surface area contributed by atoms with Crippen molar-refractivity contribution in [1.29, 1.82) is 0 Å². The van der Waals surface area contributed by atoms with Crippen LogP contribution in [0.15, 0.2) is 46.9 Å². The molecule has 0 saturated carbocycles. The van der Waals surface area contributed by atoms with Crippen LogP contribution in [-0.4, -0.2) is 15.0 Å². The molecule has 0 bridgehead atoms. The number of nitrogens with zero attached hydrogens (tertiary/aromatic N) is 3. The Morgan fingerprint density at radius 3 is 2.00 bits per heavy atom. The highest BCUT2D eigenvalue weighted by molar-refractivity contribution is 7.14. The first kappa shape index (κ1) is 12.8. The summed E-state index contributed by atoms with van der Waals surface area (Å²) in [6.07, 6.45) is 5.46. The molecule has 4 aromatic rings. The SMILES string of the molecule is [c]1ccc(-c2nccs2)c(-c2nccs2)c1-c1nccs1. The van der Waals surface area contributed by atoms with E-state index in [1.807, 2.05) is 46.9 Å². The van der Waals surface area contributed by atoms with Crippen molar-refractivity contribution in [2.24, 2.45) is 0 Å². The molecule has 101 valence electrons. The Labute approximate surface area is 133 Å².